The van der Waals surface area contributed by atoms with Crippen molar-refractivity contribution in [1.29, 1.82) is 0 Å². The number of aromatic nitrogens is 2. The molecule has 0 aliphatic carbocycles. The minimum absolute atomic E-state index is 0.781. The second-order valence-electron chi connectivity index (χ2n) is 7.92. The van der Waals surface area contributed by atoms with Gasteiger partial charge >= 0.3 is 0 Å². The van der Waals surface area contributed by atoms with E-state index in [-0.39, 0.29) is 0 Å². The molecule has 1 aliphatic heterocycles. The standard InChI is InChI=1S/C24H25N3OS/c1-2-4-19(5-3-1)17-27-13-10-18(11-14-27)6-9-22-21-8-7-20(16-23(21)28-26-22)24-25-12-15-29-24/h1-5,7-8,12,15-16,18H,6,9-11,13-14,17H2. The van der Waals surface area contributed by atoms with Gasteiger partial charge in [-0.25, -0.2) is 4.98 Å². The zero-order valence-corrected chi connectivity index (χ0v) is 17.3. The predicted molar refractivity (Wildman–Crippen MR) is 118 cm³/mol. The van der Waals surface area contributed by atoms with Crippen LogP contribution in [0.4, 0.5) is 0 Å². The van der Waals surface area contributed by atoms with E-state index < -0.39 is 0 Å². The number of thiazole rings is 1. The van der Waals surface area contributed by atoms with Crippen LogP contribution in [0.25, 0.3) is 21.5 Å². The molecule has 0 atom stereocenters. The van der Waals surface area contributed by atoms with Gasteiger partial charge in [0.25, 0.3) is 0 Å². The van der Waals surface area contributed by atoms with Crippen LogP contribution >= 0.6 is 11.3 Å². The van der Waals surface area contributed by atoms with E-state index in [0.717, 1.165) is 46.1 Å². The highest BCUT2D eigenvalue weighted by atomic mass is 32.1. The lowest BCUT2D eigenvalue weighted by Crippen LogP contribution is -2.33. The molecular weight excluding hydrogens is 378 g/mol. The van der Waals surface area contributed by atoms with Gasteiger partial charge in [-0.1, -0.05) is 41.6 Å². The first-order chi connectivity index (χ1) is 14.3. The molecule has 29 heavy (non-hydrogen) atoms. The van der Waals surface area contributed by atoms with E-state index in [1.807, 2.05) is 11.6 Å². The highest BCUT2D eigenvalue weighted by molar-refractivity contribution is 7.13. The van der Waals surface area contributed by atoms with Gasteiger partial charge in [0.2, 0.25) is 0 Å². The van der Waals surface area contributed by atoms with Crippen molar-refractivity contribution >= 4 is 22.3 Å². The summed E-state index contributed by atoms with van der Waals surface area (Å²) in [6, 6.07) is 17.1. The molecule has 5 heteroatoms. The van der Waals surface area contributed by atoms with Gasteiger partial charge in [0.05, 0.1) is 5.69 Å². The molecule has 1 saturated heterocycles. The van der Waals surface area contributed by atoms with Crippen LogP contribution < -0.4 is 0 Å². The van der Waals surface area contributed by atoms with Crippen LogP contribution in [-0.4, -0.2) is 28.1 Å². The fourth-order valence-electron chi connectivity index (χ4n) is 4.28. The Morgan fingerprint density at radius 1 is 1.07 bits per heavy atom. The van der Waals surface area contributed by atoms with E-state index in [0.29, 0.717) is 0 Å². The van der Waals surface area contributed by atoms with Gasteiger partial charge in [-0.2, -0.15) is 0 Å². The quantitative estimate of drug-likeness (QED) is 0.408. The molecule has 4 nitrogen and oxygen atoms in total. The molecule has 0 radical (unpaired) electrons. The van der Waals surface area contributed by atoms with Gasteiger partial charge in [0.1, 0.15) is 5.01 Å². The Morgan fingerprint density at radius 2 is 1.93 bits per heavy atom. The third kappa shape index (κ3) is 4.26. The van der Waals surface area contributed by atoms with Crippen LogP contribution in [-0.2, 0) is 13.0 Å². The first-order valence-corrected chi connectivity index (χ1v) is 11.3. The first-order valence-electron chi connectivity index (χ1n) is 10.4. The van der Waals surface area contributed by atoms with E-state index in [1.54, 1.807) is 11.3 Å². The topological polar surface area (TPSA) is 42.2 Å². The van der Waals surface area contributed by atoms with Crippen molar-refractivity contribution in [1.82, 2.24) is 15.0 Å². The number of fused-ring (bicyclic) bond motifs is 1. The van der Waals surface area contributed by atoms with E-state index in [4.69, 9.17) is 4.52 Å². The number of piperidine rings is 1. The zero-order chi connectivity index (χ0) is 19.5. The molecule has 4 aromatic rings. The monoisotopic (exact) mass is 403 g/mol. The molecule has 0 spiro atoms. The van der Waals surface area contributed by atoms with E-state index in [1.165, 1.54) is 37.9 Å². The van der Waals surface area contributed by atoms with Crippen LogP contribution in [0, 0.1) is 5.92 Å². The first kappa shape index (κ1) is 18.5. The third-order valence-electron chi connectivity index (χ3n) is 5.97. The second kappa shape index (κ2) is 8.47. The van der Waals surface area contributed by atoms with E-state index in [2.05, 4.69) is 63.6 Å². The van der Waals surface area contributed by atoms with Crippen LogP contribution in [0.1, 0.15) is 30.5 Å². The highest BCUT2D eigenvalue weighted by Gasteiger charge is 2.20. The largest absolute Gasteiger partial charge is 0.356 e. The Kier molecular flexibility index (Phi) is 5.41. The number of nitrogens with zero attached hydrogens (tertiary/aromatic N) is 3. The Balaban J connectivity index is 1.16. The molecule has 1 fully saturated rings. The molecule has 5 rings (SSSR count). The number of benzene rings is 2. The molecule has 2 aromatic carbocycles. The summed E-state index contributed by atoms with van der Waals surface area (Å²) in [7, 11) is 0. The summed E-state index contributed by atoms with van der Waals surface area (Å²) in [6.45, 7) is 3.45. The Morgan fingerprint density at radius 3 is 2.72 bits per heavy atom. The lowest BCUT2D eigenvalue weighted by atomic mass is 9.91. The zero-order valence-electron chi connectivity index (χ0n) is 16.5. The van der Waals surface area contributed by atoms with Crippen LogP contribution in [0.15, 0.2) is 64.6 Å². The number of hydrogen-bond donors (Lipinski definition) is 0. The van der Waals surface area contributed by atoms with Gasteiger partial charge in [-0.15, -0.1) is 11.3 Å². The molecular formula is C24H25N3OS. The number of rotatable bonds is 6. The maximum atomic E-state index is 5.63. The van der Waals surface area contributed by atoms with Crippen LogP contribution in [0.2, 0.25) is 0 Å². The fraction of sp³-hybridized carbons (Fsp3) is 0.333. The summed E-state index contributed by atoms with van der Waals surface area (Å²) in [6.07, 6.45) is 6.57. The van der Waals surface area contributed by atoms with Crippen molar-refractivity contribution in [2.24, 2.45) is 5.92 Å². The van der Waals surface area contributed by atoms with Gasteiger partial charge < -0.3 is 4.52 Å². The summed E-state index contributed by atoms with van der Waals surface area (Å²) < 4.78 is 5.63. The predicted octanol–water partition coefficient (Wildman–Crippen LogP) is 5.80. The molecule has 0 bridgehead atoms. The maximum absolute atomic E-state index is 5.63. The van der Waals surface area contributed by atoms with Crippen molar-refractivity contribution in [2.45, 2.75) is 32.2 Å². The smallest absolute Gasteiger partial charge is 0.167 e. The highest BCUT2D eigenvalue weighted by Crippen LogP contribution is 2.29. The van der Waals surface area contributed by atoms with E-state index >= 15 is 0 Å². The number of likely N-dealkylation sites (tertiary alicyclic amines) is 1. The van der Waals surface area contributed by atoms with Gasteiger partial charge in [-0.3, -0.25) is 4.90 Å². The minimum atomic E-state index is 0.781. The lowest BCUT2D eigenvalue weighted by molar-refractivity contribution is 0.172. The summed E-state index contributed by atoms with van der Waals surface area (Å²) in [4.78, 5) is 6.96. The molecule has 0 amide bonds. The molecule has 0 saturated carbocycles. The maximum Gasteiger partial charge on any atom is 0.167 e. The average molecular weight is 404 g/mol. The Bertz CT molecular complexity index is 1050. The third-order valence-corrected chi connectivity index (χ3v) is 6.79. The van der Waals surface area contributed by atoms with Crippen molar-refractivity contribution in [3.8, 4) is 10.6 Å². The SMILES string of the molecule is c1ccc(CN2CCC(CCc3noc4cc(-c5nccs5)ccc34)CC2)cc1. The molecule has 1 aliphatic rings. The van der Waals surface area contributed by atoms with Gasteiger partial charge in [0.15, 0.2) is 5.58 Å². The molecule has 2 aromatic heterocycles. The van der Waals surface area contributed by atoms with Crippen molar-refractivity contribution in [3.05, 3.63) is 71.4 Å². The van der Waals surface area contributed by atoms with Crippen LogP contribution in [0.3, 0.4) is 0 Å². The van der Waals surface area contributed by atoms with Crippen molar-refractivity contribution in [3.63, 3.8) is 0 Å². The van der Waals surface area contributed by atoms with E-state index in [9.17, 15) is 0 Å². The molecule has 148 valence electrons. The summed E-state index contributed by atoms with van der Waals surface area (Å²) in [5, 5.41) is 8.53. The summed E-state index contributed by atoms with van der Waals surface area (Å²) in [5.74, 6) is 0.781. The summed E-state index contributed by atoms with van der Waals surface area (Å²) in [5.41, 5.74) is 4.47. The number of aryl methyl sites for hydroxylation is 1. The normalized spacial score (nSPS) is 15.9. The van der Waals surface area contributed by atoms with Crippen molar-refractivity contribution in [2.75, 3.05) is 13.1 Å². The number of hydrogen-bond acceptors (Lipinski definition) is 5. The molecule has 3 heterocycles. The second-order valence-corrected chi connectivity index (χ2v) is 8.82. The lowest BCUT2D eigenvalue weighted by Gasteiger charge is -2.31. The Hall–Kier alpha value is -2.50. The molecule has 0 unspecified atom stereocenters. The average Bonchev–Trinajstić information content (AvgIpc) is 3.44. The van der Waals surface area contributed by atoms with Crippen molar-refractivity contribution < 1.29 is 4.52 Å². The Labute approximate surface area is 175 Å². The van der Waals surface area contributed by atoms with Gasteiger partial charge in [0, 0.05) is 29.1 Å². The minimum Gasteiger partial charge on any atom is -0.356 e. The molecule has 0 N–H and O–H groups in total. The van der Waals surface area contributed by atoms with Gasteiger partial charge in [-0.05, 0) is 62.4 Å². The fourth-order valence-corrected chi connectivity index (χ4v) is 4.92. The van der Waals surface area contributed by atoms with Crippen LogP contribution in [0.5, 0.6) is 0 Å². The summed E-state index contributed by atoms with van der Waals surface area (Å²) >= 11 is 1.64.